The number of piperazine rings is 1. The van der Waals surface area contributed by atoms with Crippen LogP contribution in [0.2, 0.25) is 0 Å². The van der Waals surface area contributed by atoms with Gasteiger partial charge in [0.1, 0.15) is 11.1 Å². The van der Waals surface area contributed by atoms with Crippen molar-refractivity contribution in [1.29, 1.82) is 0 Å². The van der Waals surface area contributed by atoms with Crippen molar-refractivity contribution in [3.05, 3.63) is 65.5 Å². The molecular formula is C24H30FN3O3S. The van der Waals surface area contributed by atoms with Gasteiger partial charge < -0.3 is 9.80 Å². The van der Waals surface area contributed by atoms with Crippen molar-refractivity contribution in [3.63, 3.8) is 0 Å². The van der Waals surface area contributed by atoms with Crippen LogP contribution in [0.3, 0.4) is 0 Å². The van der Waals surface area contributed by atoms with E-state index in [1.807, 2.05) is 55.1 Å². The second-order valence-corrected chi connectivity index (χ2v) is 11.3. The lowest BCUT2D eigenvalue weighted by atomic mass is 9.94. The molecule has 32 heavy (non-hydrogen) atoms. The quantitative estimate of drug-likeness (QED) is 0.702. The maximum absolute atomic E-state index is 15.1. The predicted octanol–water partition coefficient (Wildman–Crippen LogP) is 3.55. The summed E-state index contributed by atoms with van der Waals surface area (Å²) in [5.74, 6) is -0.361. The summed E-state index contributed by atoms with van der Waals surface area (Å²) in [6.45, 7) is 7.86. The number of benzene rings is 2. The highest BCUT2D eigenvalue weighted by molar-refractivity contribution is 7.89. The van der Waals surface area contributed by atoms with Crippen molar-refractivity contribution in [1.82, 2.24) is 9.21 Å². The number of halogens is 1. The van der Waals surface area contributed by atoms with E-state index in [0.717, 1.165) is 11.3 Å². The van der Waals surface area contributed by atoms with Gasteiger partial charge in [-0.25, -0.2) is 12.8 Å². The molecule has 2 saturated heterocycles. The molecule has 0 aliphatic carbocycles. The van der Waals surface area contributed by atoms with Gasteiger partial charge in [0, 0.05) is 56.4 Å². The van der Waals surface area contributed by atoms with Crippen LogP contribution >= 0.6 is 0 Å². The summed E-state index contributed by atoms with van der Waals surface area (Å²) in [5.41, 5.74) is 1.26. The molecule has 8 heteroatoms. The molecule has 0 aromatic heterocycles. The number of nitrogens with zero attached hydrogens (tertiary/aromatic N) is 3. The lowest BCUT2D eigenvalue weighted by Gasteiger charge is -2.36. The fourth-order valence-corrected chi connectivity index (χ4v) is 7.22. The predicted molar refractivity (Wildman–Crippen MR) is 123 cm³/mol. The molecule has 0 saturated carbocycles. The minimum absolute atomic E-state index is 0.00287. The van der Waals surface area contributed by atoms with Crippen molar-refractivity contribution >= 4 is 21.6 Å². The number of carbonyl (C=O) groups is 1. The third-order valence-corrected chi connectivity index (χ3v) is 9.03. The summed E-state index contributed by atoms with van der Waals surface area (Å²) in [4.78, 5) is 15.4. The summed E-state index contributed by atoms with van der Waals surface area (Å²) < 4.78 is 43.3. The Morgan fingerprint density at radius 3 is 2.31 bits per heavy atom. The van der Waals surface area contributed by atoms with Gasteiger partial charge in [-0.15, -0.1) is 0 Å². The van der Waals surface area contributed by atoms with Gasteiger partial charge in [-0.2, -0.15) is 4.31 Å². The Morgan fingerprint density at radius 2 is 1.72 bits per heavy atom. The Kier molecular flexibility index (Phi) is 6.02. The first kappa shape index (κ1) is 22.7. The minimum atomic E-state index is -3.63. The number of anilines is 1. The van der Waals surface area contributed by atoms with Gasteiger partial charge in [-0.05, 0) is 38.0 Å². The van der Waals surface area contributed by atoms with Gasteiger partial charge in [0.15, 0.2) is 0 Å². The molecule has 0 N–H and O–H groups in total. The van der Waals surface area contributed by atoms with Crippen LogP contribution in [0.1, 0.15) is 43.6 Å². The van der Waals surface area contributed by atoms with Crippen LogP contribution in [-0.2, 0) is 21.4 Å². The molecule has 0 radical (unpaired) electrons. The molecule has 4 rings (SSSR count). The Labute approximate surface area is 189 Å². The summed E-state index contributed by atoms with van der Waals surface area (Å²) in [6, 6.07) is 14.2. The smallest absolute Gasteiger partial charge is 0.222 e. The summed E-state index contributed by atoms with van der Waals surface area (Å²) in [5, 5.41) is -0.626. The monoisotopic (exact) mass is 459 g/mol. The van der Waals surface area contributed by atoms with Gasteiger partial charge in [0.05, 0.1) is 0 Å². The number of amides is 1. The van der Waals surface area contributed by atoms with Crippen LogP contribution in [0, 0.1) is 5.82 Å². The Bertz CT molecular complexity index is 1100. The van der Waals surface area contributed by atoms with Crippen LogP contribution < -0.4 is 4.90 Å². The van der Waals surface area contributed by atoms with Crippen LogP contribution in [0.4, 0.5) is 10.1 Å². The normalized spacial score (nSPS) is 22.8. The number of sulfonamides is 1. The molecular weight excluding hydrogens is 429 g/mol. The zero-order valence-electron chi connectivity index (χ0n) is 18.8. The van der Waals surface area contributed by atoms with Gasteiger partial charge in [-0.1, -0.05) is 36.4 Å². The van der Waals surface area contributed by atoms with Crippen molar-refractivity contribution in [2.75, 3.05) is 31.1 Å². The summed E-state index contributed by atoms with van der Waals surface area (Å²) >= 11 is 0. The van der Waals surface area contributed by atoms with E-state index >= 15 is 4.39 Å². The fourth-order valence-electron chi connectivity index (χ4n) is 4.72. The van der Waals surface area contributed by atoms with E-state index in [0.29, 0.717) is 38.2 Å². The molecule has 2 aliphatic heterocycles. The molecule has 1 amide bonds. The molecule has 2 aliphatic rings. The van der Waals surface area contributed by atoms with E-state index in [1.165, 1.54) is 10.4 Å². The first-order valence-electron chi connectivity index (χ1n) is 10.9. The fraction of sp³-hybridized carbons (Fsp3) is 0.458. The molecule has 2 fully saturated rings. The molecule has 2 aromatic carbocycles. The van der Waals surface area contributed by atoms with Gasteiger partial charge >= 0.3 is 0 Å². The van der Waals surface area contributed by atoms with Crippen molar-refractivity contribution in [3.8, 4) is 0 Å². The van der Waals surface area contributed by atoms with Crippen molar-refractivity contribution < 1.29 is 17.6 Å². The Morgan fingerprint density at radius 1 is 1.06 bits per heavy atom. The molecule has 0 bridgehead atoms. The maximum Gasteiger partial charge on any atom is 0.222 e. The van der Waals surface area contributed by atoms with Crippen LogP contribution in [0.15, 0.2) is 48.5 Å². The van der Waals surface area contributed by atoms with Crippen LogP contribution in [0.5, 0.6) is 0 Å². The molecule has 172 valence electrons. The molecule has 6 nitrogen and oxygen atoms in total. The highest BCUT2D eigenvalue weighted by atomic mass is 32.2. The second kappa shape index (κ2) is 8.48. The van der Waals surface area contributed by atoms with E-state index in [1.54, 1.807) is 17.9 Å². The van der Waals surface area contributed by atoms with E-state index < -0.39 is 26.6 Å². The summed E-state index contributed by atoms with van der Waals surface area (Å²) in [7, 11) is -3.63. The van der Waals surface area contributed by atoms with Crippen LogP contribution in [0.25, 0.3) is 0 Å². The summed E-state index contributed by atoms with van der Waals surface area (Å²) in [6.07, 6.45) is 0.458. The zero-order chi connectivity index (χ0) is 23.1. The Balaban J connectivity index is 1.53. The van der Waals surface area contributed by atoms with Gasteiger partial charge in [0.25, 0.3) is 0 Å². The van der Waals surface area contributed by atoms with E-state index in [4.69, 9.17) is 0 Å². The van der Waals surface area contributed by atoms with Crippen molar-refractivity contribution in [2.45, 2.75) is 44.5 Å². The first-order valence-corrected chi connectivity index (χ1v) is 12.5. The molecule has 2 heterocycles. The molecule has 1 atom stereocenters. The third kappa shape index (κ3) is 4.26. The number of carbonyl (C=O) groups excluding carboxylic acids is 1. The Hall–Kier alpha value is -2.45. The number of hydrogen-bond donors (Lipinski definition) is 0. The maximum atomic E-state index is 15.1. The lowest BCUT2D eigenvalue weighted by Crippen LogP contribution is -2.48. The van der Waals surface area contributed by atoms with Gasteiger partial charge in [-0.3, -0.25) is 4.79 Å². The van der Waals surface area contributed by atoms with E-state index in [-0.39, 0.29) is 12.5 Å². The minimum Gasteiger partial charge on any atom is -0.368 e. The second-order valence-electron chi connectivity index (χ2n) is 9.24. The van der Waals surface area contributed by atoms with Crippen LogP contribution in [-0.4, -0.2) is 55.2 Å². The zero-order valence-corrected chi connectivity index (χ0v) is 19.6. The standard InChI is InChI=1S/C24H30FN3O3S/c1-18(29)26-11-13-27(14-12-26)21-10-9-20(22(25)15-21)17-28-24(2,3)16-23(32(28,30)31)19-7-5-4-6-8-19/h4-10,15,23H,11-14,16-17H2,1-3H3. The number of hydrogen-bond acceptors (Lipinski definition) is 4. The number of rotatable bonds is 4. The average molecular weight is 460 g/mol. The lowest BCUT2D eigenvalue weighted by molar-refractivity contribution is -0.129. The van der Waals surface area contributed by atoms with E-state index in [2.05, 4.69) is 0 Å². The largest absolute Gasteiger partial charge is 0.368 e. The van der Waals surface area contributed by atoms with Gasteiger partial charge in [0.2, 0.25) is 15.9 Å². The molecule has 1 unspecified atom stereocenters. The topological polar surface area (TPSA) is 60.9 Å². The SMILES string of the molecule is CC(=O)N1CCN(c2ccc(CN3C(C)(C)CC(c4ccccc4)S3(=O)=O)c(F)c2)CC1. The first-order chi connectivity index (χ1) is 15.1. The highest BCUT2D eigenvalue weighted by Crippen LogP contribution is 2.46. The molecule has 0 spiro atoms. The average Bonchev–Trinajstić information content (AvgIpc) is 2.95. The van der Waals surface area contributed by atoms with E-state index in [9.17, 15) is 13.2 Å². The third-order valence-electron chi connectivity index (χ3n) is 6.64. The highest BCUT2D eigenvalue weighted by Gasteiger charge is 2.50. The molecule has 2 aromatic rings. The van der Waals surface area contributed by atoms with Crippen molar-refractivity contribution in [2.24, 2.45) is 0 Å².